The second kappa shape index (κ2) is 8.58. The van der Waals surface area contributed by atoms with Crippen LogP contribution < -0.4 is 15.2 Å². The summed E-state index contributed by atoms with van der Waals surface area (Å²) in [5.74, 6) is 1.00. The molecule has 3 aliphatic heterocycles. The number of pyridine rings is 1. The molecule has 152 valence electrons. The lowest BCUT2D eigenvalue weighted by Gasteiger charge is -2.27. The lowest BCUT2D eigenvalue weighted by molar-refractivity contribution is 0.205. The fourth-order valence-corrected chi connectivity index (χ4v) is 5.02. The van der Waals surface area contributed by atoms with Gasteiger partial charge in [0.25, 0.3) is 0 Å². The van der Waals surface area contributed by atoms with Crippen LogP contribution in [0.2, 0.25) is 0 Å². The maximum atomic E-state index is 6.17. The largest absolute Gasteiger partial charge is 0.494 e. The molecule has 4 heterocycles. The van der Waals surface area contributed by atoms with Crippen LogP contribution in [-0.4, -0.2) is 54.1 Å². The van der Waals surface area contributed by atoms with Gasteiger partial charge in [-0.1, -0.05) is 18.6 Å². The molecule has 2 saturated heterocycles. The first-order valence-corrected chi connectivity index (χ1v) is 11.3. The summed E-state index contributed by atoms with van der Waals surface area (Å²) in [6, 6.07) is 12.9. The smallest absolute Gasteiger partial charge is 0.119 e. The van der Waals surface area contributed by atoms with Crippen LogP contribution in [0.3, 0.4) is 0 Å². The number of piperidine rings is 1. The van der Waals surface area contributed by atoms with E-state index in [0.29, 0.717) is 0 Å². The van der Waals surface area contributed by atoms with Gasteiger partial charge in [0.2, 0.25) is 0 Å². The summed E-state index contributed by atoms with van der Waals surface area (Å²) in [5.41, 5.74) is 3.91. The molecule has 0 radical (unpaired) electrons. The molecule has 0 atom stereocenters. The predicted molar refractivity (Wildman–Crippen MR) is 117 cm³/mol. The number of rotatable bonds is 6. The Morgan fingerprint density at radius 3 is 2.72 bits per heavy atom. The van der Waals surface area contributed by atoms with Gasteiger partial charge in [0.05, 0.1) is 12.3 Å². The highest BCUT2D eigenvalue weighted by molar-refractivity contribution is 5.69. The van der Waals surface area contributed by atoms with Crippen molar-refractivity contribution >= 4 is 11.3 Å². The Morgan fingerprint density at radius 1 is 0.931 bits per heavy atom. The molecule has 2 fully saturated rings. The molecule has 0 spiro atoms. The molecule has 1 aromatic carbocycles. The van der Waals surface area contributed by atoms with E-state index in [0.717, 1.165) is 44.1 Å². The van der Waals surface area contributed by atoms with Crippen molar-refractivity contribution in [3.63, 3.8) is 0 Å². The molecule has 4 heteroatoms. The van der Waals surface area contributed by atoms with Crippen molar-refractivity contribution in [3.8, 4) is 5.75 Å². The van der Waals surface area contributed by atoms with Crippen molar-refractivity contribution in [2.75, 3.05) is 39.3 Å². The van der Waals surface area contributed by atoms with E-state index in [-0.39, 0.29) is 0 Å². The number of hydrogen-bond acceptors (Lipinski definition) is 4. The van der Waals surface area contributed by atoms with E-state index in [1.54, 1.807) is 0 Å². The van der Waals surface area contributed by atoms with Gasteiger partial charge in [0.1, 0.15) is 5.75 Å². The van der Waals surface area contributed by atoms with Gasteiger partial charge >= 0.3 is 0 Å². The second-order valence-electron chi connectivity index (χ2n) is 8.48. The molecule has 0 aliphatic carbocycles. The lowest BCUT2D eigenvalue weighted by atomic mass is 10.0. The van der Waals surface area contributed by atoms with E-state index in [4.69, 9.17) is 4.74 Å². The Hall–Kier alpha value is -2.33. The number of hydrogen-bond donors (Lipinski definition) is 0. The summed E-state index contributed by atoms with van der Waals surface area (Å²) in [5, 5.41) is 2.68. The van der Waals surface area contributed by atoms with Crippen molar-refractivity contribution in [3.05, 3.63) is 58.7 Å². The maximum Gasteiger partial charge on any atom is 0.119 e. The normalized spacial score (nSPS) is 19.2. The summed E-state index contributed by atoms with van der Waals surface area (Å²) in [7, 11) is 0. The van der Waals surface area contributed by atoms with E-state index < -0.39 is 0 Å². The van der Waals surface area contributed by atoms with E-state index in [1.807, 2.05) is 12.3 Å². The first kappa shape index (κ1) is 18.7. The van der Waals surface area contributed by atoms with Crippen molar-refractivity contribution in [2.45, 2.75) is 38.5 Å². The zero-order valence-electron chi connectivity index (χ0n) is 17.3. The first-order chi connectivity index (χ1) is 14.4. The minimum absolute atomic E-state index is 0.797. The molecule has 0 bridgehead atoms. The van der Waals surface area contributed by atoms with E-state index >= 15 is 0 Å². The van der Waals surface area contributed by atoms with Crippen LogP contribution in [0.1, 0.15) is 44.2 Å². The van der Waals surface area contributed by atoms with Gasteiger partial charge in [0.15, 0.2) is 0 Å². The number of aromatic nitrogens is 1. The van der Waals surface area contributed by atoms with Crippen LogP contribution in [-0.2, 0) is 0 Å². The molecule has 0 N–H and O–H groups in total. The predicted octanol–water partition coefficient (Wildman–Crippen LogP) is 2.75. The SMILES string of the molecule is c1ccc(C2=c3ccc(OCCCN4CCCCC4)cc3=C3CCCN3C2)nc1. The molecule has 29 heavy (non-hydrogen) atoms. The van der Waals surface area contributed by atoms with Gasteiger partial charge in [-0.2, -0.15) is 0 Å². The molecule has 1 aromatic heterocycles. The molecule has 4 nitrogen and oxygen atoms in total. The van der Waals surface area contributed by atoms with Gasteiger partial charge in [-0.25, -0.2) is 0 Å². The number of nitrogens with zero attached hydrogens (tertiary/aromatic N) is 3. The zero-order chi connectivity index (χ0) is 19.5. The number of likely N-dealkylation sites (tertiary alicyclic amines) is 1. The monoisotopic (exact) mass is 389 g/mol. The van der Waals surface area contributed by atoms with Crippen LogP contribution >= 0.6 is 0 Å². The van der Waals surface area contributed by atoms with Crippen molar-refractivity contribution in [1.82, 2.24) is 14.8 Å². The maximum absolute atomic E-state index is 6.17. The van der Waals surface area contributed by atoms with Crippen LogP contribution in [0.5, 0.6) is 5.75 Å². The quantitative estimate of drug-likeness (QED) is 0.711. The number of fused-ring (bicyclic) bond motifs is 2. The van der Waals surface area contributed by atoms with Gasteiger partial charge in [0, 0.05) is 42.3 Å². The third kappa shape index (κ3) is 4.04. The number of benzene rings is 1. The van der Waals surface area contributed by atoms with Crippen LogP contribution in [0, 0.1) is 0 Å². The molecule has 0 amide bonds. The second-order valence-corrected chi connectivity index (χ2v) is 8.48. The van der Waals surface area contributed by atoms with Crippen LogP contribution in [0.15, 0.2) is 42.6 Å². The van der Waals surface area contributed by atoms with Crippen molar-refractivity contribution < 1.29 is 4.74 Å². The molecular weight excluding hydrogens is 358 g/mol. The minimum atomic E-state index is 0.797. The molecule has 0 saturated carbocycles. The average Bonchev–Trinajstić information content (AvgIpc) is 3.26. The van der Waals surface area contributed by atoms with Crippen LogP contribution in [0.4, 0.5) is 0 Å². The Balaban J connectivity index is 1.37. The molecular formula is C25H31N3O. The van der Waals surface area contributed by atoms with Gasteiger partial charge in [-0.3, -0.25) is 4.98 Å². The average molecular weight is 390 g/mol. The first-order valence-electron chi connectivity index (χ1n) is 11.3. The van der Waals surface area contributed by atoms with Crippen molar-refractivity contribution in [2.24, 2.45) is 0 Å². The summed E-state index contributed by atoms with van der Waals surface area (Å²) in [6.07, 6.45) is 9.52. The zero-order valence-corrected chi connectivity index (χ0v) is 17.3. The van der Waals surface area contributed by atoms with Crippen molar-refractivity contribution in [1.29, 1.82) is 0 Å². The van der Waals surface area contributed by atoms with E-state index in [1.165, 1.54) is 66.9 Å². The van der Waals surface area contributed by atoms with E-state index in [2.05, 4.69) is 45.1 Å². The van der Waals surface area contributed by atoms with Gasteiger partial charge < -0.3 is 14.5 Å². The summed E-state index contributed by atoms with van der Waals surface area (Å²) < 4.78 is 6.17. The highest BCUT2D eigenvalue weighted by Crippen LogP contribution is 2.26. The third-order valence-electron chi connectivity index (χ3n) is 6.51. The Kier molecular flexibility index (Phi) is 5.53. The highest BCUT2D eigenvalue weighted by Gasteiger charge is 2.24. The fraction of sp³-hybridized carbons (Fsp3) is 0.480. The van der Waals surface area contributed by atoms with Gasteiger partial charge in [-0.05, 0) is 74.7 Å². The summed E-state index contributed by atoms with van der Waals surface area (Å²) in [6.45, 7) is 6.60. The van der Waals surface area contributed by atoms with E-state index in [9.17, 15) is 0 Å². The highest BCUT2D eigenvalue weighted by atomic mass is 16.5. The lowest BCUT2D eigenvalue weighted by Crippen LogP contribution is -2.41. The minimum Gasteiger partial charge on any atom is -0.494 e. The fourth-order valence-electron chi connectivity index (χ4n) is 5.02. The molecule has 3 aliphatic rings. The van der Waals surface area contributed by atoms with Gasteiger partial charge in [-0.15, -0.1) is 0 Å². The molecule has 5 rings (SSSR count). The Bertz CT molecular complexity index is 963. The topological polar surface area (TPSA) is 28.6 Å². The summed E-state index contributed by atoms with van der Waals surface area (Å²) in [4.78, 5) is 9.75. The number of ether oxygens (including phenoxy) is 1. The van der Waals surface area contributed by atoms with Crippen LogP contribution in [0.25, 0.3) is 11.3 Å². The third-order valence-corrected chi connectivity index (χ3v) is 6.51. The Labute approximate surface area is 173 Å². The molecule has 2 aromatic rings. The molecule has 0 unspecified atom stereocenters. The standard InChI is InChI=1S/C25H31N3O/c1-4-13-27(14-5-1)15-7-17-29-20-10-11-21-22(18-20)25-9-6-16-28(25)19-23(21)24-8-2-3-12-26-24/h2-3,8,10-12,18H,1,4-7,9,13-17,19H2. The summed E-state index contributed by atoms with van der Waals surface area (Å²) >= 11 is 0. The Morgan fingerprint density at radius 2 is 1.86 bits per heavy atom.